The van der Waals surface area contributed by atoms with Crippen LogP contribution in [0.1, 0.15) is 17.7 Å². The second-order valence-corrected chi connectivity index (χ2v) is 7.79. The number of nitriles is 1. The summed E-state index contributed by atoms with van der Waals surface area (Å²) >= 11 is 0. The number of aryl methyl sites for hydroxylation is 1. The lowest BCUT2D eigenvalue weighted by atomic mass is 10.1. The van der Waals surface area contributed by atoms with Crippen molar-refractivity contribution in [1.82, 2.24) is 9.88 Å². The van der Waals surface area contributed by atoms with Gasteiger partial charge < -0.3 is 15.6 Å². The molecular formula is C23H23F2N5O. The van der Waals surface area contributed by atoms with Gasteiger partial charge >= 0.3 is 0 Å². The molecule has 0 aliphatic carbocycles. The predicted molar refractivity (Wildman–Crippen MR) is 117 cm³/mol. The lowest BCUT2D eigenvalue weighted by Gasteiger charge is -2.36. The maximum atomic E-state index is 13.9. The van der Waals surface area contributed by atoms with E-state index in [-0.39, 0.29) is 22.2 Å². The zero-order chi connectivity index (χ0) is 22.0. The highest BCUT2D eigenvalue weighted by Gasteiger charge is 2.18. The first kappa shape index (κ1) is 20.8. The zero-order valence-electron chi connectivity index (χ0n) is 17.0. The predicted octanol–water partition coefficient (Wildman–Crippen LogP) is 3.01. The molecule has 31 heavy (non-hydrogen) atoms. The Hall–Kier alpha value is -3.44. The molecule has 0 unspecified atom stereocenters. The standard InChI is InChI=1S/C23H23F2N5O/c24-16-10-20-19(22(27)11-16)12-17(28-23(20)31)2-1-5-29-6-8-30(9-7-29)18-4-3-15(14-26)21(25)13-18/h3-4,10-13H,1-2,5-9,27H2,(H,28,31). The van der Waals surface area contributed by atoms with E-state index in [0.29, 0.717) is 11.8 Å². The fourth-order valence-electron chi connectivity index (χ4n) is 4.06. The molecule has 0 radical (unpaired) electrons. The summed E-state index contributed by atoms with van der Waals surface area (Å²) in [5, 5.41) is 9.69. The molecule has 1 saturated heterocycles. The van der Waals surface area contributed by atoms with Gasteiger partial charge in [0.05, 0.1) is 10.9 Å². The molecule has 0 bridgehead atoms. The largest absolute Gasteiger partial charge is 0.398 e. The molecule has 1 fully saturated rings. The molecule has 0 amide bonds. The molecule has 3 aromatic rings. The third-order valence-electron chi connectivity index (χ3n) is 5.75. The number of nitrogen functional groups attached to an aromatic ring is 1. The van der Waals surface area contributed by atoms with Crippen LogP contribution in [-0.2, 0) is 6.42 Å². The highest BCUT2D eigenvalue weighted by Crippen LogP contribution is 2.22. The smallest absolute Gasteiger partial charge is 0.256 e. The minimum atomic E-state index is -0.522. The van der Waals surface area contributed by atoms with Crippen LogP contribution >= 0.6 is 0 Å². The van der Waals surface area contributed by atoms with Crippen LogP contribution in [0.5, 0.6) is 0 Å². The van der Waals surface area contributed by atoms with Gasteiger partial charge in [-0.1, -0.05) is 0 Å². The summed E-state index contributed by atoms with van der Waals surface area (Å²) < 4.78 is 27.4. The molecule has 1 aliphatic rings. The molecule has 4 rings (SSSR count). The number of rotatable bonds is 5. The first-order valence-electron chi connectivity index (χ1n) is 10.2. The average Bonchev–Trinajstić information content (AvgIpc) is 2.75. The maximum Gasteiger partial charge on any atom is 0.256 e. The minimum Gasteiger partial charge on any atom is -0.398 e. The number of halogens is 2. The number of aromatic amines is 1. The van der Waals surface area contributed by atoms with Gasteiger partial charge in [0, 0.05) is 48.6 Å². The van der Waals surface area contributed by atoms with Crippen molar-refractivity contribution in [3.8, 4) is 6.07 Å². The number of hydrogen-bond acceptors (Lipinski definition) is 5. The number of nitrogens with two attached hydrogens (primary N) is 1. The van der Waals surface area contributed by atoms with Crippen LogP contribution in [-0.4, -0.2) is 42.6 Å². The van der Waals surface area contributed by atoms with Gasteiger partial charge in [0.2, 0.25) is 0 Å². The SMILES string of the molecule is N#Cc1ccc(N2CCN(CCCc3cc4c(N)cc(F)cc4c(=O)[nH]3)CC2)cc1F. The molecule has 8 heteroatoms. The number of aromatic nitrogens is 1. The van der Waals surface area contributed by atoms with E-state index >= 15 is 0 Å². The fraction of sp³-hybridized carbons (Fsp3) is 0.304. The number of pyridine rings is 1. The van der Waals surface area contributed by atoms with E-state index in [2.05, 4.69) is 14.8 Å². The fourth-order valence-corrected chi connectivity index (χ4v) is 4.06. The number of fused-ring (bicyclic) bond motifs is 1. The summed E-state index contributed by atoms with van der Waals surface area (Å²) in [5.74, 6) is -1.01. The number of H-pyrrole nitrogens is 1. The van der Waals surface area contributed by atoms with Crippen molar-refractivity contribution < 1.29 is 8.78 Å². The molecule has 6 nitrogen and oxygen atoms in total. The highest BCUT2D eigenvalue weighted by atomic mass is 19.1. The molecule has 2 heterocycles. The molecule has 2 aromatic carbocycles. The van der Waals surface area contributed by atoms with E-state index in [9.17, 15) is 13.6 Å². The molecule has 160 valence electrons. The molecule has 3 N–H and O–H groups in total. The van der Waals surface area contributed by atoms with Crippen molar-refractivity contribution in [2.75, 3.05) is 43.4 Å². The minimum absolute atomic E-state index is 0.0565. The van der Waals surface area contributed by atoms with Crippen LogP contribution in [0.3, 0.4) is 0 Å². The summed E-state index contributed by atoms with van der Waals surface area (Å²) in [5.41, 5.74) is 7.44. The molecule has 0 spiro atoms. The Balaban J connectivity index is 1.32. The third-order valence-corrected chi connectivity index (χ3v) is 5.75. The summed E-state index contributed by atoms with van der Waals surface area (Å²) in [6.45, 7) is 4.12. The number of anilines is 2. The Labute approximate surface area is 178 Å². The highest BCUT2D eigenvalue weighted by molar-refractivity contribution is 5.92. The van der Waals surface area contributed by atoms with Gasteiger partial charge in [-0.05, 0) is 55.8 Å². The molecular weight excluding hydrogens is 400 g/mol. The van der Waals surface area contributed by atoms with Gasteiger partial charge in [0.25, 0.3) is 5.56 Å². The van der Waals surface area contributed by atoms with Crippen LogP contribution in [0, 0.1) is 23.0 Å². The van der Waals surface area contributed by atoms with Gasteiger partial charge in [-0.25, -0.2) is 8.78 Å². The van der Waals surface area contributed by atoms with Crippen LogP contribution in [0.4, 0.5) is 20.2 Å². The third kappa shape index (κ3) is 4.52. The first-order valence-corrected chi connectivity index (χ1v) is 10.2. The lowest BCUT2D eigenvalue weighted by molar-refractivity contribution is 0.255. The van der Waals surface area contributed by atoms with Crippen molar-refractivity contribution in [2.24, 2.45) is 0 Å². The van der Waals surface area contributed by atoms with Crippen LogP contribution in [0.25, 0.3) is 10.8 Å². The van der Waals surface area contributed by atoms with Gasteiger partial charge in [-0.3, -0.25) is 9.69 Å². The Morgan fingerprint density at radius 3 is 2.55 bits per heavy atom. The van der Waals surface area contributed by atoms with E-state index in [1.54, 1.807) is 6.07 Å². The molecule has 1 aliphatic heterocycles. The normalized spacial score (nSPS) is 14.7. The molecule has 1 aromatic heterocycles. The van der Waals surface area contributed by atoms with Crippen LogP contribution in [0.2, 0.25) is 0 Å². The van der Waals surface area contributed by atoms with Crippen molar-refractivity contribution in [1.29, 1.82) is 5.26 Å². The number of piperazine rings is 1. The second kappa shape index (κ2) is 8.74. The molecule has 0 saturated carbocycles. The number of nitrogens with one attached hydrogen (secondary N) is 1. The Morgan fingerprint density at radius 1 is 1.06 bits per heavy atom. The topological polar surface area (TPSA) is 89.2 Å². The van der Waals surface area contributed by atoms with Crippen molar-refractivity contribution >= 4 is 22.1 Å². The van der Waals surface area contributed by atoms with Crippen molar-refractivity contribution in [2.45, 2.75) is 12.8 Å². The Morgan fingerprint density at radius 2 is 1.84 bits per heavy atom. The number of hydrogen-bond donors (Lipinski definition) is 2. The second-order valence-electron chi connectivity index (χ2n) is 7.79. The summed E-state index contributed by atoms with van der Waals surface area (Å²) in [6, 6.07) is 10.8. The Kier molecular flexibility index (Phi) is 5.87. The van der Waals surface area contributed by atoms with Crippen LogP contribution < -0.4 is 16.2 Å². The van der Waals surface area contributed by atoms with Crippen LogP contribution in [0.15, 0.2) is 41.2 Å². The maximum absolute atomic E-state index is 13.9. The van der Waals surface area contributed by atoms with Gasteiger partial charge in [-0.15, -0.1) is 0 Å². The number of benzene rings is 2. The van der Waals surface area contributed by atoms with Crippen molar-refractivity contribution in [3.05, 3.63) is 69.6 Å². The summed E-state index contributed by atoms with van der Waals surface area (Å²) in [4.78, 5) is 19.5. The van der Waals surface area contributed by atoms with E-state index in [1.165, 1.54) is 24.3 Å². The quantitative estimate of drug-likeness (QED) is 0.616. The molecule has 0 atom stereocenters. The zero-order valence-corrected chi connectivity index (χ0v) is 17.0. The monoisotopic (exact) mass is 423 g/mol. The van der Waals surface area contributed by atoms with E-state index in [4.69, 9.17) is 11.0 Å². The van der Waals surface area contributed by atoms with E-state index < -0.39 is 11.6 Å². The van der Waals surface area contributed by atoms with Gasteiger partial charge in [-0.2, -0.15) is 5.26 Å². The summed E-state index contributed by atoms with van der Waals surface area (Å²) in [7, 11) is 0. The number of nitrogens with zero attached hydrogens (tertiary/aromatic N) is 3. The van der Waals surface area contributed by atoms with Gasteiger partial charge in [0.15, 0.2) is 0 Å². The van der Waals surface area contributed by atoms with Gasteiger partial charge in [0.1, 0.15) is 17.7 Å². The Bertz CT molecular complexity index is 1210. The van der Waals surface area contributed by atoms with E-state index in [1.807, 2.05) is 12.1 Å². The van der Waals surface area contributed by atoms with Crippen molar-refractivity contribution in [3.63, 3.8) is 0 Å². The first-order chi connectivity index (χ1) is 14.9. The summed E-state index contributed by atoms with van der Waals surface area (Å²) in [6.07, 6.45) is 1.54. The lowest BCUT2D eigenvalue weighted by Crippen LogP contribution is -2.46. The van der Waals surface area contributed by atoms with E-state index in [0.717, 1.165) is 50.5 Å². The average molecular weight is 423 g/mol.